The first kappa shape index (κ1) is 12.8. The molecule has 0 radical (unpaired) electrons. The molecule has 2 rings (SSSR count). The summed E-state index contributed by atoms with van der Waals surface area (Å²) in [5, 5.41) is 12.8. The largest absolute Gasteiger partial charge is 0.393 e. The molecule has 0 aromatic carbocycles. The highest BCUT2D eigenvalue weighted by atomic mass is 127. The number of halogens is 1. The Morgan fingerprint density at radius 3 is 3.25 bits per heavy atom. The Kier molecular flexibility index (Phi) is 4.64. The lowest BCUT2D eigenvalue weighted by atomic mass is 9.94. The van der Waals surface area contributed by atoms with Crippen LogP contribution in [0, 0.1) is 2.88 Å². The SMILES string of the molecule is CC(O)CCNC1CCCc2sc(I)cc21. The average Bonchev–Trinajstić information content (AvgIpc) is 2.58. The fourth-order valence-electron chi connectivity index (χ4n) is 2.20. The maximum Gasteiger partial charge on any atom is 0.0659 e. The van der Waals surface area contributed by atoms with Crippen molar-refractivity contribution in [1.82, 2.24) is 5.32 Å². The lowest BCUT2D eigenvalue weighted by Crippen LogP contribution is -2.26. The van der Waals surface area contributed by atoms with Crippen LogP contribution in [-0.2, 0) is 6.42 Å². The van der Waals surface area contributed by atoms with E-state index in [1.807, 2.05) is 18.3 Å². The Labute approximate surface area is 115 Å². The van der Waals surface area contributed by atoms with Crippen molar-refractivity contribution in [3.05, 3.63) is 19.4 Å². The lowest BCUT2D eigenvalue weighted by molar-refractivity contribution is 0.181. The van der Waals surface area contributed by atoms with E-state index in [0.29, 0.717) is 6.04 Å². The van der Waals surface area contributed by atoms with E-state index in [4.69, 9.17) is 0 Å². The maximum absolute atomic E-state index is 9.24. The van der Waals surface area contributed by atoms with E-state index < -0.39 is 0 Å². The van der Waals surface area contributed by atoms with Crippen LogP contribution in [0.3, 0.4) is 0 Å². The summed E-state index contributed by atoms with van der Waals surface area (Å²) in [6.45, 7) is 2.76. The van der Waals surface area contributed by atoms with Gasteiger partial charge in [-0.05, 0) is 73.4 Å². The molecule has 2 atom stereocenters. The Balaban J connectivity index is 1.96. The van der Waals surface area contributed by atoms with Gasteiger partial charge >= 0.3 is 0 Å². The summed E-state index contributed by atoms with van der Waals surface area (Å²) in [5.74, 6) is 0. The third-order valence-corrected chi connectivity index (χ3v) is 5.01. The zero-order valence-electron chi connectivity index (χ0n) is 9.50. The fourth-order valence-corrected chi connectivity index (χ4v) is 4.32. The minimum Gasteiger partial charge on any atom is -0.393 e. The first-order valence-corrected chi connectivity index (χ1v) is 7.76. The molecule has 2 unspecified atom stereocenters. The molecule has 90 valence electrons. The van der Waals surface area contributed by atoms with Crippen LogP contribution < -0.4 is 5.32 Å². The number of rotatable bonds is 4. The molecule has 1 heterocycles. The number of aliphatic hydroxyl groups is 1. The van der Waals surface area contributed by atoms with Gasteiger partial charge in [-0.1, -0.05) is 0 Å². The van der Waals surface area contributed by atoms with Gasteiger partial charge in [0, 0.05) is 10.9 Å². The van der Waals surface area contributed by atoms with E-state index in [0.717, 1.165) is 13.0 Å². The number of aryl methyl sites for hydroxylation is 1. The summed E-state index contributed by atoms with van der Waals surface area (Å²) >= 11 is 4.34. The van der Waals surface area contributed by atoms with Crippen molar-refractivity contribution >= 4 is 33.9 Å². The molecule has 0 saturated heterocycles. The second-order valence-corrected chi connectivity index (χ2v) is 7.50. The van der Waals surface area contributed by atoms with Crippen molar-refractivity contribution in [3.63, 3.8) is 0 Å². The van der Waals surface area contributed by atoms with Crippen LogP contribution >= 0.6 is 33.9 Å². The average molecular weight is 351 g/mol. The number of hydrogen-bond donors (Lipinski definition) is 2. The smallest absolute Gasteiger partial charge is 0.0659 e. The maximum atomic E-state index is 9.24. The van der Waals surface area contributed by atoms with E-state index >= 15 is 0 Å². The molecule has 0 saturated carbocycles. The van der Waals surface area contributed by atoms with E-state index in [9.17, 15) is 5.11 Å². The van der Waals surface area contributed by atoms with Gasteiger partial charge in [0.05, 0.1) is 8.99 Å². The molecule has 0 aliphatic heterocycles. The second-order valence-electron chi connectivity index (χ2n) is 4.47. The summed E-state index contributed by atoms with van der Waals surface area (Å²) < 4.78 is 1.40. The van der Waals surface area contributed by atoms with Crippen LogP contribution in [-0.4, -0.2) is 17.8 Å². The van der Waals surface area contributed by atoms with Crippen molar-refractivity contribution < 1.29 is 5.11 Å². The van der Waals surface area contributed by atoms with Crippen molar-refractivity contribution in [2.75, 3.05) is 6.54 Å². The quantitative estimate of drug-likeness (QED) is 0.818. The van der Waals surface area contributed by atoms with E-state index in [2.05, 4.69) is 34.0 Å². The molecule has 0 bridgehead atoms. The number of fused-ring (bicyclic) bond motifs is 1. The van der Waals surface area contributed by atoms with Crippen molar-refractivity contribution in [1.29, 1.82) is 0 Å². The first-order chi connectivity index (χ1) is 7.66. The van der Waals surface area contributed by atoms with Crippen molar-refractivity contribution in [2.24, 2.45) is 0 Å². The number of thiophene rings is 1. The number of aliphatic hydroxyl groups excluding tert-OH is 1. The van der Waals surface area contributed by atoms with Crippen LogP contribution in [0.4, 0.5) is 0 Å². The van der Waals surface area contributed by atoms with Crippen LogP contribution in [0.25, 0.3) is 0 Å². The van der Waals surface area contributed by atoms with Gasteiger partial charge in [0.1, 0.15) is 0 Å². The van der Waals surface area contributed by atoms with E-state index in [1.54, 1.807) is 4.88 Å². The highest BCUT2D eigenvalue weighted by molar-refractivity contribution is 14.1. The summed E-state index contributed by atoms with van der Waals surface area (Å²) in [7, 11) is 0. The van der Waals surface area contributed by atoms with E-state index in [1.165, 1.54) is 27.7 Å². The molecule has 2 nitrogen and oxygen atoms in total. The molecule has 0 amide bonds. The van der Waals surface area contributed by atoms with Gasteiger partial charge in [-0.2, -0.15) is 0 Å². The molecular formula is C12H18INOS. The van der Waals surface area contributed by atoms with Gasteiger partial charge in [0.25, 0.3) is 0 Å². The van der Waals surface area contributed by atoms with Gasteiger partial charge in [-0.15, -0.1) is 11.3 Å². The van der Waals surface area contributed by atoms with Gasteiger partial charge in [0.2, 0.25) is 0 Å². The zero-order chi connectivity index (χ0) is 11.5. The predicted molar refractivity (Wildman–Crippen MR) is 77.0 cm³/mol. The summed E-state index contributed by atoms with van der Waals surface area (Å²) in [4.78, 5) is 1.56. The Bertz CT molecular complexity index is 351. The second kappa shape index (κ2) is 5.80. The number of hydrogen-bond acceptors (Lipinski definition) is 3. The predicted octanol–water partition coefficient (Wildman–Crippen LogP) is 3.09. The molecule has 1 aromatic heterocycles. The summed E-state index contributed by atoms with van der Waals surface area (Å²) in [5.41, 5.74) is 1.51. The van der Waals surface area contributed by atoms with Gasteiger partial charge in [-0.3, -0.25) is 0 Å². The Hall–Kier alpha value is 0.350. The van der Waals surface area contributed by atoms with Gasteiger partial charge < -0.3 is 10.4 Å². The van der Waals surface area contributed by atoms with Crippen LogP contribution in [0.15, 0.2) is 6.07 Å². The van der Waals surface area contributed by atoms with Crippen molar-refractivity contribution in [2.45, 2.75) is 44.8 Å². The minimum absolute atomic E-state index is 0.196. The Morgan fingerprint density at radius 1 is 1.69 bits per heavy atom. The topological polar surface area (TPSA) is 32.3 Å². The van der Waals surface area contributed by atoms with Crippen LogP contribution in [0.5, 0.6) is 0 Å². The molecule has 2 N–H and O–H groups in total. The third kappa shape index (κ3) is 3.18. The number of nitrogens with one attached hydrogen (secondary N) is 1. The standard InChI is InChI=1S/C12H18INOS/c1-8(15)5-6-14-10-3-2-4-11-9(10)7-12(13)16-11/h7-8,10,14-15H,2-6H2,1H3. The molecule has 1 aliphatic carbocycles. The van der Waals surface area contributed by atoms with E-state index in [-0.39, 0.29) is 6.10 Å². The molecule has 16 heavy (non-hydrogen) atoms. The molecule has 1 aromatic rings. The first-order valence-electron chi connectivity index (χ1n) is 5.86. The third-order valence-electron chi connectivity index (χ3n) is 3.04. The van der Waals surface area contributed by atoms with Crippen molar-refractivity contribution in [3.8, 4) is 0 Å². The molecule has 1 aliphatic rings. The molecule has 0 spiro atoms. The fraction of sp³-hybridized carbons (Fsp3) is 0.667. The van der Waals surface area contributed by atoms with Gasteiger partial charge in [0.15, 0.2) is 0 Å². The van der Waals surface area contributed by atoms with Crippen LogP contribution in [0.1, 0.15) is 42.7 Å². The Morgan fingerprint density at radius 2 is 2.50 bits per heavy atom. The zero-order valence-corrected chi connectivity index (χ0v) is 12.5. The highest BCUT2D eigenvalue weighted by Crippen LogP contribution is 2.36. The molecular weight excluding hydrogens is 333 g/mol. The van der Waals surface area contributed by atoms with Gasteiger partial charge in [-0.25, -0.2) is 0 Å². The lowest BCUT2D eigenvalue weighted by Gasteiger charge is -2.24. The molecule has 0 fully saturated rings. The summed E-state index contributed by atoms with van der Waals surface area (Å²) in [6, 6.07) is 2.84. The normalized spacial score (nSPS) is 21.8. The summed E-state index contributed by atoms with van der Waals surface area (Å²) in [6.07, 6.45) is 4.42. The highest BCUT2D eigenvalue weighted by Gasteiger charge is 2.21. The minimum atomic E-state index is -0.196. The van der Waals surface area contributed by atoms with Crippen LogP contribution in [0.2, 0.25) is 0 Å². The monoisotopic (exact) mass is 351 g/mol. The molecule has 4 heteroatoms.